The van der Waals surface area contributed by atoms with E-state index < -0.39 is 12.1 Å². The molecule has 10 N–H and O–H groups in total. The molecule has 0 spiro atoms. The van der Waals surface area contributed by atoms with E-state index in [-0.39, 0.29) is 29.4 Å². The lowest BCUT2D eigenvalue weighted by Gasteiger charge is -2.19. The van der Waals surface area contributed by atoms with E-state index in [1.807, 2.05) is 6.92 Å². The second-order valence-electron chi connectivity index (χ2n) is 10.9. The van der Waals surface area contributed by atoms with Crippen LogP contribution < -0.4 is 33.2 Å². The van der Waals surface area contributed by atoms with Crippen molar-refractivity contribution in [2.45, 2.75) is 115 Å². The summed E-state index contributed by atoms with van der Waals surface area (Å²) in [4.78, 5) is 40.8. The molecule has 0 saturated carbocycles. The first-order valence-corrected chi connectivity index (χ1v) is 15.7. The summed E-state index contributed by atoms with van der Waals surface area (Å²) in [6.07, 6.45) is 13.8. The summed E-state index contributed by atoms with van der Waals surface area (Å²) < 4.78 is 0. The number of nitrogens with one attached hydrogen (secondary N) is 3. The van der Waals surface area contributed by atoms with Gasteiger partial charge in [-0.1, -0.05) is 70.4 Å². The highest BCUT2D eigenvalue weighted by atomic mass is 16.3. The molecule has 11 nitrogen and oxygen atoms in total. The number of guanidine groups is 1. The van der Waals surface area contributed by atoms with Gasteiger partial charge in [0.2, 0.25) is 17.7 Å². The molecular weight excluding hydrogens is 534 g/mol. The first-order chi connectivity index (χ1) is 20.2. The lowest BCUT2D eigenvalue weighted by atomic mass is 10.0. The zero-order chi connectivity index (χ0) is 31.0. The van der Waals surface area contributed by atoms with E-state index in [2.05, 4.69) is 20.9 Å². The number of phenols is 1. The van der Waals surface area contributed by atoms with Crippen LogP contribution in [0, 0.1) is 0 Å². The first-order valence-electron chi connectivity index (χ1n) is 15.7. The summed E-state index contributed by atoms with van der Waals surface area (Å²) in [7, 11) is 0. The Morgan fingerprint density at radius 2 is 1.33 bits per heavy atom. The Morgan fingerprint density at radius 3 is 1.86 bits per heavy atom. The van der Waals surface area contributed by atoms with Gasteiger partial charge >= 0.3 is 0 Å². The van der Waals surface area contributed by atoms with Gasteiger partial charge in [0.25, 0.3) is 0 Å². The second-order valence-corrected chi connectivity index (χ2v) is 10.9. The molecule has 11 heteroatoms. The first kappa shape index (κ1) is 36.7. The van der Waals surface area contributed by atoms with E-state index >= 15 is 0 Å². The number of carbonyl (C=O) groups excluding carboxylic acids is 3. The van der Waals surface area contributed by atoms with Gasteiger partial charge in [-0.2, -0.15) is 0 Å². The van der Waals surface area contributed by atoms with Gasteiger partial charge in [0.15, 0.2) is 5.96 Å². The number of hydrogen-bond donors (Lipinski definition) is 7. The van der Waals surface area contributed by atoms with Gasteiger partial charge in [-0.15, -0.1) is 0 Å². The minimum absolute atomic E-state index is 0.0516. The van der Waals surface area contributed by atoms with E-state index in [1.54, 1.807) is 24.3 Å². The Labute approximate surface area is 251 Å². The topological polar surface area (TPSA) is 198 Å². The summed E-state index contributed by atoms with van der Waals surface area (Å²) in [5.74, 6) is -0.197. The van der Waals surface area contributed by atoms with Crippen molar-refractivity contribution in [3.8, 4) is 5.75 Å². The normalized spacial score (nSPS) is 12.2. The van der Waals surface area contributed by atoms with Gasteiger partial charge in [-0.25, -0.2) is 0 Å². The van der Waals surface area contributed by atoms with Crippen LogP contribution in [0.4, 0.5) is 0 Å². The van der Waals surface area contributed by atoms with Crippen molar-refractivity contribution in [3.63, 3.8) is 0 Å². The number of amides is 3. The van der Waals surface area contributed by atoms with E-state index in [1.165, 1.54) is 25.7 Å². The number of nitrogens with zero attached hydrogens (tertiary/aromatic N) is 1. The molecule has 0 radical (unpaired) electrons. The molecule has 1 aromatic rings. The number of aliphatic imine (C=N–C) groups is 1. The van der Waals surface area contributed by atoms with E-state index in [4.69, 9.17) is 17.2 Å². The zero-order valence-electron chi connectivity index (χ0n) is 25.5. The standard InChI is InChI=1S/C31H55N7O4/c1-2-14-28(40)38-27(23-24-16-18-25(39)19-17-24)30(42)36-21-12-10-8-6-4-3-5-7-9-11-20-35-29(41)26(32)15-13-22-37-31(33)34/h16-19,26-27,39H,2-15,20-23,32H2,1H3,(H,35,41)(H,36,42)(H,38,40)(H4,33,34,37)/t26-,27-/m0/s1. The van der Waals surface area contributed by atoms with Crippen molar-refractivity contribution in [1.29, 1.82) is 0 Å². The van der Waals surface area contributed by atoms with Crippen LogP contribution >= 0.6 is 0 Å². The number of benzene rings is 1. The van der Waals surface area contributed by atoms with Crippen LogP contribution in [0.1, 0.15) is 102 Å². The maximum atomic E-state index is 12.8. The van der Waals surface area contributed by atoms with Crippen LogP contribution in [0.3, 0.4) is 0 Å². The largest absolute Gasteiger partial charge is 0.508 e. The summed E-state index contributed by atoms with van der Waals surface area (Å²) in [5, 5.41) is 18.2. The van der Waals surface area contributed by atoms with E-state index in [0.717, 1.165) is 50.5 Å². The van der Waals surface area contributed by atoms with Gasteiger partial charge in [-0.3, -0.25) is 19.4 Å². The quantitative estimate of drug-likeness (QED) is 0.0546. The van der Waals surface area contributed by atoms with Crippen molar-refractivity contribution < 1.29 is 19.5 Å². The Kier molecular flexibility index (Phi) is 20.3. The number of aromatic hydroxyl groups is 1. The van der Waals surface area contributed by atoms with Crippen molar-refractivity contribution in [3.05, 3.63) is 29.8 Å². The highest BCUT2D eigenvalue weighted by Crippen LogP contribution is 2.13. The fourth-order valence-electron chi connectivity index (χ4n) is 4.56. The van der Waals surface area contributed by atoms with Crippen molar-refractivity contribution >= 4 is 23.7 Å². The molecule has 0 aliphatic carbocycles. The van der Waals surface area contributed by atoms with Crippen LogP contribution in [-0.4, -0.2) is 60.5 Å². The molecule has 0 aliphatic rings. The summed E-state index contributed by atoms with van der Waals surface area (Å²) in [6.45, 7) is 3.65. The lowest BCUT2D eigenvalue weighted by Crippen LogP contribution is -2.48. The molecule has 2 atom stereocenters. The highest BCUT2D eigenvalue weighted by Gasteiger charge is 2.20. The number of unbranched alkanes of at least 4 members (excludes halogenated alkanes) is 9. The van der Waals surface area contributed by atoms with Crippen LogP contribution in [0.25, 0.3) is 0 Å². The Bertz CT molecular complexity index is 920. The monoisotopic (exact) mass is 589 g/mol. The third kappa shape index (κ3) is 18.9. The lowest BCUT2D eigenvalue weighted by molar-refractivity contribution is -0.129. The number of phenolic OH excluding ortho intramolecular Hbond substituents is 1. The van der Waals surface area contributed by atoms with E-state index in [0.29, 0.717) is 45.3 Å². The van der Waals surface area contributed by atoms with Crippen molar-refractivity contribution in [1.82, 2.24) is 16.0 Å². The third-order valence-electron chi connectivity index (χ3n) is 7.01. The molecule has 0 heterocycles. The van der Waals surface area contributed by atoms with Crippen LogP contribution in [0.15, 0.2) is 29.3 Å². The summed E-state index contributed by atoms with van der Waals surface area (Å²) >= 11 is 0. The number of hydrogen-bond acceptors (Lipinski definition) is 6. The minimum Gasteiger partial charge on any atom is -0.508 e. The van der Waals surface area contributed by atoms with Gasteiger partial charge in [0, 0.05) is 32.5 Å². The average molecular weight is 590 g/mol. The maximum absolute atomic E-state index is 12.8. The number of carbonyl (C=O) groups is 3. The van der Waals surface area contributed by atoms with Gasteiger partial charge < -0.3 is 38.3 Å². The summed E-state index contributed by atoms with van der Waals surface area (Å²) in [5.41, 5.74) is 17.3. The molecule has 0 unspecified atom stereocenters. The van der Waals surface area contributed by atoms with Gasteiger partial charge in [0.1, 0.15) is 11.8 Å². The second kappa shape index (κ2) is 23.2. The molecule has 42 heavy (non-hydrogen) atoms. The Hall–Kier alpha value is -3.34. The van der Waals surface area contributed by atoms with Crippen molar-refractivity contribution in [2.24, 2.45) is 22.2 Å². The SMILES string of the molecule is CCCC(=O)N[C@@H](Cc1ccc(O)cc1)C(=O)NCCCCCCCCCCCCNC(=O)[C@@H](N)CCCN=C(N)N. The average Bonchev–Trinajstić information content (AvgIpc) is 2.95. The molecular formula is C31H55N7O4. The van der Waals surface area contributed by atoms with Gasteiger partial charge in [0.05, 0.1) is 6.04 Å². The maximum Gasteiger partial charge on any atom is 0.242 e. The summed E-state index contributed by atoms with van der Waals surface area (Å²) in [6, 6.07) is 5.54. The Morgan fingerprint density at radius 1 is 0.810 bits per heavy atom. The highest BCUT2D eigenvalue weighted by molar-refractivity contribution is 5.87. The fraction of sp³-hybridized carbons (Fsp3) is 0.677. The molecule has 0 bridgehead atoms. The molecule has 0 saturated heterocycles. The van der Waals surface area contributed by atoms with Crippen LogP contribution in [0.5, 0.6) is 5.75 Å². The molecule has 0 aromatic heterocycles. The molecule has 238 valence electrons. The molecule has 0 fully saturated rings. The van der Waals surface area contributed by atoms with Gasteiger partial charge in [-0.05, 0) is 49.8 Å². The van der Waals surface area contributed by atoms with Crippen LogP contribution in [0.2, 0.25) is 0 Å². The predicted octanol–water partition coefficient (Wildman–Crippen LogP) is 2.73. The third-order valence-corrected chi connectivity index (χ3v) is 7.01. The molecule has 0 aliphatic heterocycles. The minimum atomic E-state index is -0.629. The van der Waals surface area contributed by atoms with E-state index in [9.17, 15) is 19.5 Å². The van der Waals surface area contributed by atoms with Crippen LogP contribution in [-0.2, 0) is 20.8 Å². The Balaban J connectivity index is 2.06. The molecule has 3 amide bonds. The predicted molar refractivity (Wildman–Crippen MR) is 169 cm³/mol. The zero-order valence-corrected chi connectivity index (χ0v) is 25.5. The smallest absolute Gasteiger partial charge is 0.242 e. The molecule has 1 aromatic carbocycles. The van der Waals surface area contributed by atoms with Crippen molar-refractivity contribution in [2.75, 3.05) is 19.6 Å². The number of rotatable bonds is 24. The number of nitrogens with two attached hydrogens (primary N) is 3. The fourth-order valence-corrected chi connectivity index (χ4v) is 4.56. The molecule has 1 rings (SSSR count).